The SMILES string of the molecule is CC(C)N1CCN(Cc2cc(F)cc(Br)c2)C(=O)C1=O. The number of amides is 2. The van der Waals surface area contributed by atoms with E-state index in [-0.39, 0.29) is 18.4 Å². The molecule has 1 aromatic rings. The molecule has 1 heterocycles. The van der Waals surface area contributed by atoms with Crippen molar-refractivity contribution in [3.63, 3.8) is 0 Å². The number of piperazine rings is 1. The van der Waals surface area contributed by atoms with Crippen LogP contribution in [0.1, 0.15) is 19.4 Å². The Bertz CT molecular complexity index is 528. The molecular weight excluding hydrogens is 327 g/mol. The summed E-state index contributed by atoms with van der Waals surface area (Å²) in [5.41, 5.74) is 0.663. The molecule has 1 fully saturated rings. The van der Waals surface area contributed by atoms with Crippen molar-refractivity contribution >= 4 is 27.7 Å². The van der Waals surface area contributed by atoms with Gasteiger partial charge in [0.25, 0.3) is 0 Å². The molecule has 0 unspecified atom stereocenters. The van der Waals surface area contributed by atoms with Crippen molar-refractivity contribution in [2.24, 2.45) is 0 Å². The second-order valence-electron chi connectivity index (χ2n) is 5.10. The van der Waals surface area contributed by atoms with E-state index in [1.807, 2.05) is 13.8 Å². The Kier molecular flexibility index (Phi) is 4.42. The molecule has 0 radical (unpaired) electrons. The average Bonchev–Trinajstić information content (AvgIpc) is 2.33. The summed E-state index contributed by atoms with van der Waals surface area (Å²) in [6.45, 7) is 4.98. The molecule has 0 aromatic heterocycles. The van der Waals surface area contributed by atoms with Gasteiger partial charge in [-0.2, -0.15) is 0 Å². The van der Waals surface area contributed by atoms with E-state index in [0.717, 1.165) is 0 Å². The molecule has 108 valence electrons. The summed E-state index contributed by atoms with van der Waals surface area (Å²) in [6.07, 6.45) is 0. The molecule has 4 nitrogen and oxygen atoms in total. The molecule has 0 saturated carbocycles. The fourth-order valence-electron chi connectivity index (χ4n) is 2.26. The Morgan fingerprint density at radius 2 is 1.90 bits per heavy atom. The lowest BCUT2D eigenvalue weighted by Gasteiger charge is -2.36. The van der Waals surface area contributed by atoms with Crippen LogP contribution in [-0.4, -0.2) is 40.7 Å². The second kappa shape index (κ2) is 5.91. The minimum atomic E-state index is -0.523. The molecule has 6 heteroatoms. The summed E-state index contributed by atoms with van der Waals surface area (Å²) in [4.78, 5) is 27.0. The predicted molar refractivity (Wildman–Crippen MR) is 76.4 cm³/mol. The van der Waals surface area contributed by atoms with E-state index in [9.17, 15) is 14.0 Å². The van der Waals surface area contributed by atoms with Gasteiger partial charge in [0.05, 0.1) is 0 Å². The molecule has 0 aliphatic carbocycles. The summed E-state index contributed by atoms with van der Waals surface area (Å²) in [5.74, 6) is -1.37. The standard InChI is InChI=1S/C14H16BrFN2O2/c1-9(2)18-4-3-17(13(19)14(18)20)8-10-5-11(15)7-12(16)6-10/h5-7,9H,3-4,8H2,1-2H3. The summed E-state index contributed by atoms with van der Waals surface area (Å²) in [7, 11) is 0. The summed E-state index contributed by atoms with van der Waals surface area (Å²) in [6, 6.07) is 4.48. The maximum absolute atomic E-state index is 13.3. The molecule has 0 N–H and O–H groups in total. The summed E-state index contributed by atoms with van der Waals surface area (Å²) in [5, 5.41) is 0. The highest BCUT2D eigenvalue weighted by molar-refractivity contribution is 9.10. The molecule has 20 heavy (non-hydrogen) atoms. The number of benzene rings is 1. The van der Waals surface area contributed by atoms with Gasteiger partial charge in [-0.25, -0.2) is 4.39 Å². The van der Waals surface area contributed by atoms with Crippen LogP contribution in [0.25, 0.3) is 0 Å². The number of nitrogens with zero attached hydrogens (tertiary/aromatic N) is 2. The van der Waals surface area contributed by atoms with Gasteiger partial charge in [0.1, 0.15) is 5.82 Å². The van der Waals surface area contributed by atoms with Crippen molar-refractivity contribution in [2.75, 3.05) is 13.1 Å². The molecule has 0 bridgehead atoms. The zero-order valence-electron chi connectivity index (χ0n) is 11.4. The van der Waals surface area contributed by atoms with Gasteiger partial charge in [-0.3, -0.25) is 9.59 Å². The van der Waals surface area contributed by atoms with E-state index < -0.39 is 11.8 Å². The molecule has 1 aromatic carbocycles. The predicted octanol–water partition coefficient (Wildman–Crippen LogP) is 2.17. The van der Waals surface area contributed by atoms with Crippen LogP contribution in [0.15, 0.2) is 22.7 Å². The van der Waals surface area contributed by atoms with Crippen molar-refractivity contribution in [2.45, 2.75) is 26.4 Å². The second-order valence-corrected chi connectivity index (χ2v) is 6.01. The van der Waals surface area contributed by atoms with E-state index >= 15 is 0 Å². The lowest BCUT2D eigenvalue weighted by atomic mass is 10.1. The fraction of sp³-hybridized carbons (Fsp3) is 0.429. The van der Waals surface area contributed by atoms with E-state index in [4.69, 9.17) is 0 Å². The minimum absolute atomic E-state index is 0.0110. The van der Waals surface area contributed by atoms with Gasteiger partial charge in [0.15, 0.2) is 0 Å². The molecule has 2 amide bonds. The van der Waals surface area contributed by atoms with Gasteiger partial charge < -0.3 is 9.80 Å². The van der Waals surface area contributed by atoms with E-state index in [2.05, 4.69) is 15.9 Å². The van der Waals surface area contributed by atoms with E-state index in [0.29, 0.717) is 23.1 Å². The first-order valence-electron chi connectivity index (χ1n) is 6.43. The highest BCUT2D eigenvalue weighted by atomic mass is 79.9. The molecule has 1 saturated heterocycles. The highest BCUT2D eigenvalue weighted by Gasteiger charge is 2.33. The molecule has 2 rings (SSSR count). The normalized spacial score (nSPS) is 16.2. The number of rotatable bonds is 3. The average molecular weight is 343 g/mol. The smallest absolute Gasteiger partial charge is 0.312 e. The third-order valence-corrected chi connectivity index (χ3v) is 3.72. The highest BCUT2D eigenvalue weighted by Crippen LogP contribution is 2.18. The van der Waals surface area contributed by atoms with Crippen molar-refractivity contribution in [1.29, 1.82) is 0 Å². The molecular formula is C14H16BrFN2O2. The van der Waals surface area contributed by atoms with Gasteiger partial charge in [-0.05, 0) is 37.6 Å². The van der Waals surface area contributed by atoms with Crippen LogP contribution in [0.5, 0.6) is 0 Å². The molecule has 1 aliphatic heterocycles. The zero-order chi connectivity index (χ0) is 14.9. The topological polar surface area (TPSA) is 40.6 Å². The summed E-state index contributed by atoms with van der Waals surface area (Å²) < 4.78 is 13.9. The molecule has 0 atom stereocenters. The Hall–Kier alpha value is -1.43. The zero-order valence-corrected chi connectivity index (χ0v) is 13.0. The first kappa shape index (κ1) is 15.0. The first-order valence-corrected chi connectivity index (χ1v) is 7.22. The van der Waals surface area contributed by atoms with Crippen LogP contribution in [-0.2, 0) is 16.1 Å². The van der Waals surface area contributed by atoms with Gasteiger partial charge in [-0.15, -0.1) is 0 Å². The number of halogens is 2. The lowest BCUT2D eigenvalue weighted by molar-refractivity contribution is -0.157. The van der Waals surface area contributed by atoms with Crippen LogP contribution >= 0.6 is 15.9 Å². The van der Waals surface area contributed by atoms with Crippen LogP contribution in [0.3, 0.4) is 0 Å². The summed E-state index contributed by atoms with van der Waals surface area (Å²) >= 11 is 3.21. The third-order valence-electron chi connectivity index (χ3n) is 3.26. The number of carbonyl (C=O) groups is 2. The first-order chi connectivity index (χ1) is 9.38. The Morgan fingerprint density at radius 1 is 1.20 bits per heavy atom. The number of carbonyl (C=O) groups excluding carboxylic acids is 2. The van der Waals surface area contributed by atoms with Crippen molar-refractivity contribution in [3.8, 4) is 0 Å². The Morgan fingerprint density at radius 3 is 2.50 bits per heavy atom. The van der Waals surface area contributed by atoms with Crippen LogP contribution in [0.2, 0.25) is 0 Å². The molecule has 1 aliphatic rings. The quantitative estimate of drug-likeness (QED) is 0.790. The Labute approximate surface area is 125 Å². The van der Waals surface area contributed by atoms with E-state index in [1.54, 1.807) is 11.0 Å². The van der Waals surface area contributed by atoms with Crippen molar-refractivity contribution in [3.05, 3.63) is 34.1 Å². The van der Waals surface area contributed by atoms with Crippen molar-refractivity contribution < 1.29 is 14.0 Å². The van der Waals surface area contributed by atoms with Crippen LogP contribution < -0.4 is 0 Å². The van der Waals surface area contributed by atoms with Crippen LogP contribution in [0.4, 0.5) is 4.39 Å². The molecule has 0 spiro atoms. The number of hydrogen-bond donors (Lipinski definition) is 0. The van der Waals surface area contributed by atoms with Crippen molar-refractivity contribution in [1.82, 2.24) is 9.80 Å². The largest absolute Gasteiger partial charge is 0.330 e. The maximum Gasteiger partial charge on any atom is 0.312 e. The minimum Gasteiger partial charge on any atom is -0.330 e. The fourth-order valence-corrected chi connectivity index (χ4v) is 2.77. The van der Waals surface area contributed by atoms with Gasteiger partial charge in [0.2, 0.25) is 0 Å². The van der Waals surface area contributed by atoms with Gasteiger partial charge in [-0.1, -0.05) is 15.9 Å². The van der Waals surface area contributed by atoms with Gasteiger partial charge >= 0.3 is 11.8 Å². The Balaban J connectivity index is 2.11. The number of hydrogen-bond acceptors (Lipinski definition) is 2. The van der Waals surface area contributed by atoms with Gasteiger partial charge in [0, 0.05) is 30.1 Å². The lowest BCUT2D eigenvalue weighted by Crippen LogP contribution is -2.55. The monoisotopic (exact) mass is 342 g/mol. The maximum atomic E-state index is 13.3. The van der Waals surface area contributed by atoms with E-state index in [1.165, 1.54) is 17.0 Å². The van der Waals surface area contributed by atoms with Crippen LogP contribution in [0, 0.1) is 5.82 Å². The third kappa shape index (κ3) is 3.17.